The van der Waals surface area contributed by atoms with Crippen LogP contribution in [0.1, 0.15) is 107 Å². The van der Waals surface area contributed by atoms with Gasteiger partial charge in [-0.2, -0.15) is 0 Å². The molecule has 0 amide bonds. The highest BCUT2D eigenvalue weighted by Gasteiger charge is 2.47. The van der Waals surface area contributed by atoms with Gasteiger partial charge in [-0.15, -0.1) is 0 Å². The van der Waals surface area contributed by atoms with Gasteiger partial charge in [0.25, 0.3) is 0 Å². The molecule has 6 unspecified atom stereocenters. The van der Waals surface area contributed by atoms with Gasteiger partial charge in [-0.05, 0) is 107 Å². The smallest absolute Gasteiger partial charge is 0.126 e. The Morgan fingerprint density at radius 1 is 0.412 bits per heavy atom. The first kappa shape index (κ1) is 20.2. The second kappa shape index (κ2) is 7.73. The van der Waals surface area contributed by atoms with E-state index in [-0.39, 0.29) is 0 Å². The molecule has 2 aromatic carbocycles. The summed E-state index contributed by atoms with van der Waals surface area (Å²) in [5.41, 5.74) is 9.10. The third kappa shape index (κ3) is 2.85. The molecule has 8 bridgehead atoms. The van der Waals surface area contributed by atoms with Crippen molar-refractivity contribution in [2.45, 2.75) is 74.0 Å². The summed E-state index contributed by atoms with van der Waals surface area (Å²) in [5, 5.41) is 0. The second-order valence-corrected chi connectivity index (χ2v) is 11.3. The van der Waals surface area contributed by atoms with Gasteiger partial charge in [0, 0.05) is 0 Å². The van der Waals surface area contributed by atoms with Gasteiger partial charge in [-0.3, -0.25) is 0 Å². The average molecular weight is 459 g/mol. The van der Waals surface area contributed by atoms with Gasteiger partial charge in [0.05, 0.1) is 26.4 Å². The minimum atomic E-state index is 0.525. The van der Waals surface area contributed by atoms with E-state index >= 15 is 0 Å². The van der Waals surface area contributed by atoms with Gasteiger partial charge in [0.2, 0.25) is 0 Å². The monoisotopic (exact) mass is 458 g/mol. The number of rotatable bonds is 0. The Bertz CT molecular complexity index is 987. The molecule has 9 rings (SSSR count). The van der Waals surface area contributed by atoms with Gasteiger partial charge >= 0.3 is 0 Å². The lowest BCUT2D eigenvalue weighted by atomic mass is 9.57. The lowest BCUT2D eigenvalue weighted by Gasteiger charge is -2.48. The van der Waals surface area contributed by atoms with Crippen molar-refractivity contribution >= 4 is 0 Å². The van der Waals surface area contributed by atoms with Crippen LogP contribution in [0, 0.1) is 0 Å². The molecule has 34 heavy (non-hydrogen) atoms. The SMILES string of the molecule is c1c2cc3c4c1C1CCC1c1cc(cc(c1OCCOCCOCCO4)C1CCC31)C1CCC21. The molecule has 1 aliphatic heterocycles. The maximum Gasteiger partial charge on any atom is 0.126 e. The van der Waals surface area contributed by atoms with Gasteiger partial charge in [-0.1, -0.05) is 24.3 Å². The summed E-state index contributed by atoms with van der Waals surface area (Å²) in [6.45, 7) is 3.66. The molecule has 3 saturated carbocycles. The van der Waals surface area contributed by atoms with Gasteiger partial charge in [-0.25, -0.2) is 0 Å². The third-order valence-electron chi connectivity index (χ3n) is 9.93. The van der Waals surface area contributed by atoms with Crippen LogP contribution in [0.2, 0.25) is 0 Å². The molecule has 4 heteroatoms. The van der Waals surface area contributed by atoms with Crippen LogP contribution in [0.25, 0.3) is 0 Å². The summed E-state index contributed by atoms with van der Waals surface area (Å²) >= 11 is 0. The van der Waals surface area contributed by atoms with E-state index in [2.05, 4.69) is 24.3 Å². The van der Waals surface area contributed by atoms with E-state index in [1.807, 2.05) is 0 Å². The van der Waals surface area contributed by atoms with Crippen molar-refractivity contribution in [2.24, 2.45) is 0 Å². The van der Waals surface area contributed by atoms with Gasteiger partial charge in [0.1, 0.15) is 24.7 Å². The maximum atomic E-state index is 6.66. The largest absolute Gasteiger partial charge is 0.491 e. The van der Waals surface area contributed by atoms with Crippen molar-refractivity contribution in [3.63, 3.8) is 0 Å². The molecular weight excluding hydrogens is 424 g/mol. The molecule has 6 atom stereocenters. The Balaban J connectivity index is 1.39. The fourth-order valence-electron chi connectivity index (χ4n) is 7.77. The minimum Gasteiger partial charge on any atom is -0.491 e. The van der Waals surface area contributed by atoms with E-state index in [0.29, 0.717) is 75.1 Å². The number of hydrogen-bond acceptors (Lipinski definition) is 4. The van der Waals surface area contributed by atoms with Crippen LogP contribution < -0.4 is 9.47 Å². The molecule has 0 radical (unpaired) electrons. The third-order valence-corrected chi connectivity index (χ3v) is 9.93. The molecule has 0 aromatic heterocycles. The van der Waals surface area contributed by atoms with Crippen LogP contribution in [0.5, 0.6) is 11.5 Å². The van der Waals surface area contributed by atoms with E-state index in [1.165, 1.54) is 72.3 Å². The Kier molecular flexibility index (Phi) is 4.59. The molecule has 4 nitrogen and oxygen atoms in total. The molecule has 2 aromatic rings. The average Bonchev–Trinajstić information content (AvgIpc) is 2.74. The van der Waals surface area contributed by atoms with Crippen molar-refractivity contribution in [3.05, 3.63) is 57.6 Å². The first-order valence-electron chi connectivity index (χ1n) is 13.6. The first-order valence-corrected chi connectivity index (χ1v) is 13.6. The molecule has 0 N–H and O–H groups in total. The van der Waals surface area contributed by atoms with E-state index in [4.69, 9.17) is 18.9 Å². The Morgan fingerprint density at radius 2 is 0.735 bits per heavy atom. The Morgan fingerprint density at radius 3 is 1.06 bits per heavy atom. The molecule has 1 heterocycles. The van der Waals surface area contributed by atoms with Crippen molar-refractivity contribution in [2.75, 3.05) is 39.6 Å². The van der Waals surface area contributed by atoms with E-state index in [1.54, 1.807) is 11.1 Å². The summed E-state index contributed by atoms with van der Waals surface area (Å²) in [6.07, 6.45) is 7.57. The van der Waals surface area contributed by atoms with E-state index in [0.717, 1.165) is 0 Å². The lowest BCUT2D eigenvalue weighted by molar-refractivity contribution is 0.0260. The highest BCUT2D eigenvalue weighted by Crippen LogP contribution is 2.64. The standard InChI is InChI=1S/C30H34O4/c1-2-20-18-15-27-23-5-3-21(23)25-13-17(19(1)20)14-26-22-4-6-24(22)28(16-18)30(27)34-12-10-32-8-7-31-9-11-33-29(25)26/h13-16,19-24H,1-12H2. The zero-order valence-electron chi connectivity index (χ0n) is 19.9. The summed E-state index contributed by atoms with van der Waals surface area (Å²) in [6, 6.07) is 10.2. The van der Waals surface area contributed by atoms with E-state index < -0.39 is 0 Å². The molecule has 6 aliphatic carbocycles. The van der Waals surface area contributed by atoms with Gasteiger partial charge in [0.15, 0.2) is 0 Å². The van der Waals surface area contributed by atoms with Crippen LogP contribution in [0.3, 0.4) is 0 Å². The Hall–Kier alpha value is -2.04. The fourth-order valence-corrected chi connectivity index (χ4v) is 7.77. The molecule has 3 fully saturated rings. The molecule has 178 valence electrons. The summed E-state index contributed by atoms with van der Waals surface area (Å²) in [5.74, 6) is 5.79. The minimum absolute atomic E-state index is 0.525. The van der Waals surface area contributed by atoms with E-state index in [9.17, 15) is 0 Å². The predicted octanol–water partition coefficient (Wildman–Crippen LogP) is 6.10. The summed E-state index contributed by atoms with van der Waals surface area (Å²) in [4.78, 5) is 0. The number of benzene rings is 2. The quantitative estimate of drug-likeness (QED) is 0.478. The highest BCUT2D eigenvalue weighted by atomic mass is 16.6. The van der Waals surface area contributed by atoms with Crippen LogP contribution >= 0.6 is 0 Å². The highest BCUT2D eigenvalue weighted by molar-refractivity contribution is 5.60. The maximum absolute atomic E-state index is 6.66. The summed E-state index contributed by atoms with van der Waals surface area (Å²) in [7, 11) is 0. The van der Waals surface area contributed by atoms with Gasteiger partial charge < -0.3 is 18.9 Å². The molecule has 0 spiro atoms. The number of hydrogen-bond donors (Lipinski definition) is 0. The van der Waals surface area contributed by atoms with Crippen molar-refractivity contribution in [1.29, 1.82) is 0 Å². The number of ether oxygens (including phenoxy) is 4. The first-order chi connectivity index (χ1) is 16.9. The predicted molar refractivity (Wildman–Crippen MR) is 130 cm³/mol. The lowest BCUT2D eigenvalue weighted by Crippen LogP contribution is -2.32. The normalized spacial score (nSPS) is 35.1. The molecule has 7 aliphatic rings. The van der Waals surface area contributed by atoms with Crippen molar-refractivity contribution in [1.82, 2.24) is 0 Å². The topological polar surface area (TPSA) is 36.9 Å². The van der Waals surface area contributed by atoms with Crippen LogP contribution in [-0.2, 0) is 9.47 Å². The van der Waals surface area contributed by atoms with Crippen molar-refractivity contribution in [3.8, 4) is 11.5 Å². The van der Waals surface area contributed by atoms with Crippen LogP contribution in [0.4, 0.5) is 0 Å². The zero-order chi connectivity index (χ0) is 22.2. The molecular formula is C30H34O4. The fraction of sp³-hybridized carbons (Fsp3) is 0.600. The van der Waals surface area contributed by atoms with Crippen LogP contribution in [0.15, 0.2) is 24.3 Å². The van der Waals surface area contributed by atoms with Crippen molar-refractivity contribution < 1.29 is 18.9 Å². The zero-order valence-corrected chi connectivity index (χ0v) is 19.9. The Labute approximate surface area is 201 Å². The molecule has 0 saturated heterocycles. The van der Waals surface area contributed by atoms with Crippen LogP contribution in [-0.4, -0.2) is 39.6 Å². The second-order valence-electron chi connectivity index (χ2n) is 11.3. The summed E-state index contributed by atoms with van der Waals surface area (Å²) < 4.78 is 25.0.